The summed E-state index contributed by atoms with van der Waals surface area (Å²) in [6, 6.07) is 8.20. The van der Waals surface area contributed by atoms with Crippen LogP contribution in [0.1, 0.15) is 29.8 Å². The number of hydrogen-bond acceptors (Lipinski definition) is 2. The summed E-state index contributed by atoms with van der Waals surface area (Å²) in [4.78, 5) is 10.8. The highest BCUT2D eigenvalue weighted by Gasteiger charge is 2.31. The summed E-state index contributed by atoms with van der Waals surface area (Å²) < 4.78 is 42.8. The largest absolute Gasteiger partial charge is 0.478 e. The molecule has 0 aliphatic carbocycles. The Morgan fingerprint density at radius 1 is 1.13 bits per heavy atom. The van der Waals surface area contributed by atoms with Crippen LogP contribution in [0, 0.1) is 0 Å². The number of hydrogen-bond donors (Lipinski definition) is 1. The third kappa shape index (κ3) is 5.17. The first-order valence-corrected chi connectivity index (χ1v) is 7.03. The van der Waals surface area contributed by atoms with E-state index < -0.39 is 17.7 Å². The zero-order chi connectivity index (χ0) is 17.6. The number of benzene rings is 2. The predicted octanol–water partition coefficient (Wildman–Crippen LogP) is 5.88. The first-order valence-electron chi connectivity index (χ1n) is 6.65. The average Bonchev–Trinajstić information content (AvgIpc) is 2.50. The molecule has 0 aromatic heterocycles. The third-order valence-electron chi connectivity index (χ3n) is 2.57. The molecule has 124 valence electrons. The number of alkyl halides is 3. The van der Waals surface area contributed by atoms with E-state index in [1.807, 2.05) is 13.8 Å². The van der Waals surface area contributed by atoms with E-state index >= 15 is 0 Å². The summed E-state index contributed by atoms with van der Waals surface area (Å²) in [5.74, 6) is -0.970. The van der Waals surface area contributed by atoms with Crippen LogP contribution in [-0.2, 0) is 6.18 Å². The monoisotopic (exact) mass is 346 g/mol. The molecule has 0 amide bonds. The first-order chi connectivity index (χ1) is 10.8. The molecule has 0 aliphatic rings. The second-order valence-corrected chi connectivity index (χ2v) is 4.49. The van der Waals surface area contributed by atoms with Crippen molar-refractivity contribution >= 4 is 17.6 Å². The van der Waals surface area contributed by atoms with Crippen LogP contribution >= 0.6 is 11.6 Å². The number of carboxylic acids is 1. The Kier molecular flexibility index (Phi) is 6.45. The van der Waals surface area contributed by atoms with Gasteiger partial charge in [-0.25, -0.2) is 4.79 Å². The first kappa shape index (κ1) is 18.8. The van der Waals surface area contributed by atoms with Gasteiger partial charge in [0.2, 0.25) is 0 Å². The molecule has 2 aromatic rings. The van der Waals surface area contributed by atoms with Gasteiger partial charge in [0.25, 0.3) is 0 Å². The van der Waals surface area contributed by atoms with Gasteiger partial charge in [0.1, 0.15) is 11.5 Å². The van der Waals surface area contributed by atoms with Crippen LogP contribution in [0.15, 0.2) is 42.5 Å². The summed E-state index contributed by atoms with van der Waals surface area (Å²) >= 11 is 5.75. The van der Waals surface area contributed by atoms with Gasteiger partial charge < -0.3 is 9.84 Å². The van der Waals surface area contributed by atoms with E-state index in [2.05, 4.69) is 0 Å². The van der Waals surface area contributed by atoms with Crippen molar-refractivity contribution in [2.45, 2.75) is 20.0 Å². The van der Waals surface area contributed by atoms with Gasteiger partial charge >= 0.3 is 12.1 Å². The van der Waals surface area contributed by atoms with Crippen LogP contribution in [0.4, 0.5) is 13.2 Å². The van der Waals surface area contributed by atoms with Gasteiger partial charge in [0.05, 0.1) is 16.1 Å². The van der Waals surface area contributed by atoms with Crippen molar-refractivity contribution in [2.75, 3.05) is 0 Å². The van der Waals surface area contributed by atoms with E-state index in [0.29, 0.717) is 0 Å². The molecule has 2 rings (SSSR count). The normalized spacial score (nSPS) is 10.5. The number of aromatic carboxylic acids is 1. The fraction of sp³-hybridized carbons (Fsp3) is 0.188. The van der Waals surface area contributed by atoms with Crippen molar-refractivity contribution in [1.82, 2.24) is 0 Å². The molecule has 0 atom stereocenters. The summed E-state index contributed by atoms with van der Waals surface area (Å²) in [6.45, 7) is 4.00. The van der Waals surface area contributed by atoms with Gasteiger partial charge in [-0.2, -0.15) is 13.2 Å². The molecule has 0 bridgehead atoms. The van der Waals surface area contributed by atoms with Crippen molar-refractivity contribution in [3.63, 3.8) is 0 Å². The van der Waals surface area contributed by atoms with Crippen LogP contribution < -0.4 is 4.74 Å². The Morgan fingerprint density at radius 2 is 1.78 bits per heavy atom. The van der Waals surface area contributed by atoms with Crippen molar-refractivity contribution in [2.24, 2.45) is 0 Å². The molecule has 0 radical (unpaired) electrons. The molecule has 1 N–H and O–H groups in total. The minimum absolute atomic E-state index is 0.00414. The maximum Gasteiger partial charge on any atom is 0.416 e. The molecule has 0 saturated carbocycles. The lowest BCUT2D eigenvalue weighted by atomic mass is 10.2. The van der Waals surface area contributed by atoms with E-state index in [1.54, 1.807) is 0 Å². The molecule has 0 spiro atoms. The van der Waals surface area contributed by atoms with E-state index in [1.165, 1.54) is 24.3 Å². The lowest BCUT2D eigenvalue weighted by molar-refractivity contribution is -0.137. The Bertz CT molecular complexity index is 685. The van der Waals surface area contributed by atoms with Crippen LogP contribution in [0.2, 0.25) is 5.02 Å². The quantitative estimate of drug-likeness (QED) is 0.755. The molecule has 2 aromatic carbocycles. The number of carbonyl (C=O) groups is 1. The Hall–Kier alpha value is -2.21. The van der Waals surface area contributed by atoms with Crippen molar-refractivity contribution in [3.8, 4) is 11.5 Å². The maximum atomic E-state index is 12.5. The summed E-state index contributed by atoms with van der Waals surface area (Å²) in [7, 11) is 0. The lowest BCUT2D eigenvalue weighted by Gasteiger charge is -2.11. The minimum Gasteiger partial charge on any atom is -0.478 e. The zero-order valence-corrected chi connectivity index (χ0v) is 13.1. The van der Waals surface area contributed by atoms with Gasteiger partial charge in [0.15, 0.2) is 0 Å². The molecule has 0 unspecified atom stereocenters. The van der Waals surface area contributed by atoms with Gasteiger partial charge in [-0.05, 0) is 36.4 Å². The van der Waals surface area contributed by atoms with Crippen LogP contribution in [0.25, 0.3) is 0 Å². The Labute approximate surface area is 136 Å². The second kappa shape index (κ2) is 7.87. The van der Waals surface area contributed by atoms with E-state index in [-0.39, 0.29) is 22.1 Å². The Balaban J connectivity index is 0.00000127. The molecule has 7 heteroatoms. The second-order valence-electron chi connectivity index (χ2n) is 4.08. The number of ether oxygens (including phenoxy) is 1. The number of rotatable bonds is 3. The van der Waals surface area contributed by atoms with Gasteiger partial charge in [-0.1, -0.05) is 31.5 Å². The Morgan fingerprint density at radius 3 is 2.30 bits per heavy atom. The molecule has 0 fully saturated rings. The predicted molar refractivity (Wildman–Crippen MR) is 81.3 cm³/mol. The molecule has 23 heavy (non-hydrogen) atoms. The molecule has 0 heterocycles. The van der Waals surface area contributed by atoms with E-state index in [9.17, 15) is 18.0 Å². The molecule has 0 aliphatic heterocycles. The smallest absolute Gasteiger partial charge is 0.416 e. The van der Waals surface area contributed by atoms with Crippen molar-refractivity contribution in [3.05, 3.63) is 58.6 Å². The highest BCUT2D eigenvalue weighted by molar-refractivity contribution is 6.32. The third-order valence-corrected chi connectivity index (χ3v) is 2.86. The number of halogens is 4. The summed E-state index contributed by atoms with van der Waals surface area (Å²) in [5, 5.41) is 8.63. The topological polar surface area (TPSA) is 46.5 Å². The number of carboxylic acid groups (broad SMARTS) is 1. The van der Waals surface area contributed by atoms with Crippen molar-refractivity contribution < 1.29 is 27.8 Å². The van der Waals surface area contributed by atoms with Crippen LogP contribution in [0.5, 0.6) is 11.5 Å². The van der Waals surface area contributed by atoms with Gasteiger partial charge in [0, 0.05) is 0 Å². The average molecular weight is 347 g/mol. The SMILES string of the molecule is CC.O=C(O)c1cccc(Oc2ccc(C(F)(F)F)cc2Cl)c1. The standard InChI is InChI=1S/C14H8ClF3O3.C2H6/c15-11-7-9(14(16,17)18)4-5-12(11)21-10-3-1-2-8(6-10)13(19)20;1-2/h1-7H,(H,19,20);1-2H3. The summed E-state index contributed by atoms with van der Waals surface area (Å²) in [6.07, 6.45) is -4.49. The maximum absolute atomic E-state index is 12.5. The molecule has 3 nitrogen and oxygen atoms in total. The molecular formula is C16H14ClF3O3. The lowest BCUT2D eigenvalue weighted by Crippen LogP contribution is -2.04. The van der Waals surface area contributed by atoms with Crippen LogP contribution in [-0.4, -0.2) is 11.1 Å². The van der Waals surface area contributed by atoms with E-state index in [0.717, 1.165) is 18.2 Å². The fourth-order valence-electron chi connectivity index (χ4n) is 1.58. The molecule has 0 saturated heterocycles. The van der Waals surface area contributed by atoms with E-state index in [4.69, 9.17) is 21.4 Å². The highest BCUT2D eigenvalue weighted by Crippen LogP contribution is 2.36. The minimum atomic E-state index is -4.49. The molecular weight excluding hydrogens is 333 g/mol. The summed E-state index contributed by atoms with van der Waals surface area (Å²) in [5.41, 5.74) is -0.894. The zero-order valence-electron chi connectivity index (χ0n) is 12.3. The van der Waals surface area contributed by atoms with Crippen LogP contribution in [0.3, 0.4) is 0 Å². The fourth-order valence-corrected chi connectivity index (χ4v) is 1.80. The van der Waals surface area contributed by atoms with Gasteiger partial charge in [-0.15, -0.1) is 0 Å². The highest BCUT2D eigenvalue weighted by atomic mass is 35.5. The van der Waals surface area contributed by atoms with Crippen molar-refractivity contribution in [1.29, 1.82) is 0 Å². The van der Waals surface area contributed by atoms with Gasteiger partial charge in [-0.3, -0.25) is 0 Å².